The molecule has 7 heteroatoms. The van der Waals surface area contributed by atoms with Crippen molar-refractivity contribution < 1.29 is 23.1 Å². The summed E-state index contributed by atoms with van der Waals surface area (Å²) in [6, 6.07) is 11.0. The average Bonchev–Trinajstić information content (AvgIpc) is 2.54. The van der Waals surface area contributed by atoms with Crippen molar-refractivity contribution in [3.63, 3.8) is 0 Å². The number of hydrazine groups is 1. The normalized spacial score (nSPS) is 10.0. The average molecular weight is 320 g/mol. The number of carbonyl (C=O) groups excluding carboxylic acids is 2. The quantitative estimate of drug-likeness (QED) is 0.825. The zero-order valence-electron chi connectivity index (χ0n) is 12.0. The van der Waals surface area contributed by atoms with E-state index < -0.39 is 23.4 Å². The fourth-order valence-corrected chi connectivity index (χ4v) is 1.71. The fraction of sp³-hybridized carbons (Fsp3) is 0.125. The lowest BCUT2D eigenvalue weighted by Gasteiger charge is -2.09. The number of ether oxygens (including phenoxy) is 1. The van der Waals surface area contributed by atoms with Crippen molar-refractivity contribution in [2.75, 3.05) is 6.61 Å². The third kappa shape index (κ3) is 5.39. The molecule has 0 bridgehead atoms. The maximum atomic E-state index is 13.4. The molecule has 0 saturated carbocycles. The molecule has 2 N–H and O–H groups in total. The first-order valence-corrected chi connectivity index (χ1v) is 6.74. The van der Waals surface area contributed by atoms with Gasteiger partial charge in [0.15, 0.2) is 6.61 Å². The first-order valence-electron chi connectivity index (χ1n) is 6.74. The summed E-state index contributed by atoms with van der Waals surface area (Å²) in [5.74, 6) is -1.75. The summed E-state index contributed by atoms with van der Waals surface area (Å²) >= 11 is 0. The smallest absolute Gasteiger partial charge is 0.276 e. The Hall–Kier alpha value is -2.96. The van der Waals surface area contributed by atoms with Crippen LogP contribution in [0.1, 0.15) is 5.56 Å². The van der Waals surface area contributed by atoms with Crippen LogP contribution in [-0.4, -0.2) is 18.4 Å². The molecule has 2 aromatic rings. The largest absolute Gasteiger partial charge is 0.484 e. The first kappa shape index (κ1) is 16.4. The Morgan fingerprint density at radius 2 is 1.57 bits per heavy atom. The Labute approximate surface area is 131 Å². The van der Waals surface area contributed by atoms with Gasteiger partial charge < -0.3 is 4.74 Å². The topological polar surface area (TPSA) is 67.4 Å². The predicted molar refractivity (Wildman–Crippen MR) is 78.3 cm³/mol. The van der Waals surface area contributed by atoms with E-state index in [1.807, 2.05) is 0 Å². The molecule has 5 nitrogen and oxygen atoms in total. The fourth-order valence-electron chi connectivity index (χ4n) is 1.71. The van der Waals surface area contributed by atoms with Crippen LogP contribution in [0.4, 0.5) is 8.78 Å². The monoisotopic (exact) mass is 320 g/mol. The van der Waals surface area contributed by atoms with Gasteiger partial charge in [0, 0.05) is 0 Å². The zero-order valence-corrected chi connectivity index (χ0v) is 12.0. The molecule has 0 atom stereocenters. The van der Waals surface area contributed by atoms with Gasteiger partial charge in [0.05, 0.1) is 6.42 Å². The van der Waals surface area contributed by atoms with Crippen molar-refractivity contribution in [1.29, 1.82) is 0 Å². The third-order valence-electron chi connectivity index (χ3n) is 2.83. The summed E-state index contributed by atoms with van der Waals surface area (Å²) in [6.07, 6.45) is -0.203. The van der Waals surface area contributed by atoms with Gasteiger partial charge in [-0.05, 0) is 35.9 Å². The summed E-state index contributed by atoms with van der Waals surface area (Å²) in [6.45, 7) is -0.356. The van der Waals surface area contributed by atoms with E-state index >= 15 is 0 Å². The lowest BCUT2D eigenvalue weighted by molar-refractivity contribution is -0.129. The number of rotatable bonds is 5. The summed E-state index contributed by atoms with van der Waals surface area (Å²) in [5.41, 5.74) is 4.53. The van der Waals surface area contributed by atoms with Crippen LogP contribution in [0.15, 0.2) is 48.5 Å². The number of carbonyl (C=O) groups is 2. The van der Waals surface area contributed by atoms with Gasteiger partial charge >= 0.3 is 0 Å². The van der Waals surface area contributed by atoms with Crippen LogP contribution in [0.3, 0.4) is 0 Å². The van der Waals surface area contributed by atoms with E-state index in [0.29, 0.717) is 5.75 Å². The molecule has 0 spiro atoms. The molecule has 0 saturated heterocycles. The highest BCUT2D eigenvalue weighted by Crippen LogP contribution is 2.10. The van der Waals surface area contributed by atoms with Crippen molar-refractivity contribution in [1.82, 2.24) is 10.9 Å². The minimum atomic E-state index is -0.601. The molecule has 0 fully saturated rings. The first-order chi connectivity index (χ1) is 11.0. The molecule has 0 aromatic heterocycles. The van der Waals surface area contributed by atoms with E-state index in [9.17, 15) is 18.4 Å². The highest BCUT2D eigenvalue weighted by Gasteiger charge is 2.09. The molecule has 0 aliphatic rings. The lowest BCUT2D eigenvalue weighted by Crippen LogP contribution is -2.44. The van der Waals surface area contributed by atoms with Crippen LogP contribution in [-0.2, 0) is 16.0 Å². The maximum Gasteiger partial charge on any atom is 0.276 e. The number of nitrogens with one attached hydrogen (secondary N) is 2. The summed E-state index contributed by atoms with van der Waals surface area (Å²) < 4.78 is 31.2. The second kappa shape index (κ2) is 7.88. The second-order valence-corrected chi connectivity index (χ2v) is 4.61. The van der Waals surface area contributed by atoms with Crippen LogP contribution in [0.2, 0.25) is 0 Å². The lowest BCUT2D eigenvalue weighted by atomic mass is 10.1. The van der Waals surface area contributed by atoms with E-state index in [1.54, 1.807) is 6.07 Å². The van der Waals surface area contributed by atoms with E-state index in [0.717, 1.165) is 0 Å². The van der Waals surface area contributed by atoms with Crippen molar-refractivity contribution in [3.8, 4) is 5.75 Å². The van der Waals surface area contributed by atoms with Gasteiger partial charge in [-0.25, -0.2) is 8.78 Å². The molecule has 0 unspecified atom stereocenters. The molecule has 23 heavy (non-hydrogen) atoms. The predicted octanol–water partition coefficient (Wildman–Crippen LogP) is 1.73. The van der Waals surface area contributed by atoms with Crippen molar-refractivity contribution in [2.45, 2.75) is 6.42 Å². The Balaban J connectivity index is 1.72. The van der Waals surface area contributed by atoms with Crippen LogP contribution in [0, 0.1) is 11.6 Å². The van der Waals surface area contributed by atoms with Gasteiger partial charge in [-0.3, -0.25) is 20.4 Å². The van der Waals surface area contributed by atoms with Gasteiger partial charge in [-0.15, -0.1) is 0 Å². The standard InChI is InChI=1S/C16H14F2N2O3/c17-12-5-7-13(8-6-12)23-10-16(22)20-19-15(21)9-11-3-1-2-4-14(11)18/h1-8H,9-10H2,(H,19,21)(H,20,22). The molecular weight excluding hydrogens is 306 g/mol. The molecule has 0 aliphatic carbocycles. The van der Waals surface area contributed by atoms with E-state index in [1.165, 1.54) is 42.5 Å². The van der Waals surface area contributed by atoms with E-state index in [2.05, 4.69) is 10.9 Å². The minimum Gasteiger partial charge on any atom is -0.484 e. The number of benzene rings is 2. The van der Waals surface area contributed by atoms with Crippen molar-refractivity contribution in [3.05, 3.63) is 65.7 Å². The Morgan fingerprint density at radius 1 is 0.913 bits per heavy atom. The van der Waals surface area contributed by atoms with Gasteiger partial charge in [0.25, 0.3) is 5.91 Å². The molecule has 120 valence electrons. The maximum absolute atomic E-state index is 13.4. The van der Waals surface area contributed by atoms with Crippen LogP contribution < -0.4 is 15.6 Å². The van der Waals surface area contributed by atoms with E-state index in [4.69, 9.17) is 4.74 Å². The van der Waals surface area contributed by atoms with Crippen LogP contribution >= 0.6 is 0 Å². The summed E-state index contributed by atoms with van der Waals surface area (Å²) in [5, 5.41) is 0. The SMILES string of the molecule is O=C(COc1ccc(F)cc1)NNC(=O)Cc1ccccc1F. The number of amides is 2. The van der Waals surface area contributed by atoms with Crippen LogP contribution in [0.5, 0.6) is 5.75 Å². The molecule has 2 rings (SSSR count). The zero-order chi connectivity index (χ0) is 16.7. The van der Waals surface area contributed by atoms with Crippen molar-refractivity contribution >= 4 is 11.8 Å². The van der Waals surface area contributed by atoms with Gasteiger partial charge in [0.1, 0.15) is 17.4 Å². The number of hydrogen-bond donors (Lipinski definition) is 2. The Morgan fingerprint density at radius 3 is 2.26 bits per heavy atom. The molecular formula is C16H14F2N2O3. The minimum absolute atomic E-state index is 0.203. The number of halogens is 2. The summed E-state index contributed by atoms with van der Waals surface area (Å²) in [4.78, 5) is 23.1. The van der Waals surface area contributed by atoms with Gasteiger partial charge in [-0.2, -0.15) is 0 Å². The van der Waals surface area contributed by atoms with E-state index in [-0.39, 0.29) is 18.6 Å². The Kier molecular flexibility index (Phi) is 5.62. The van der Waals surface area contributed by atoms with Crippen LogP contribution in [0.25, 0.3) is 0 Å². The Bertz CT molecular complexity index is 690. The van der Waals surface area contributed by atoms with Gasteiger partial charge in [-0.1, -0.05) is 18.2 Å². The molecule has 0 heterocycles. The highest BCUT2D eigenvalue weighted by molar-refractivity contribution is 5.83. The third-order valence-corrected chi connectivity index (χ3v) is 2.83. The van der Waals surface area contributed by atoms with Gasteiger partial charge in [0.2, 0.25) is 5.91 Å². The molecule has 0 aliphatic heterocycles. The van der Waals surface area contributed by atoms with Crippen molar-refractivity contribution in [2.24, 2.45) is 0 Å². The second-order valence-electron chi connectivity index (χ2n) is 4.61. The number of hydrogen-bond acceptors (Lipinski definition) is 3. The summed E-state index contributed by atoms with van der Waals surface area (Å²) in [7, 11) is 0. The molecule has 2 amide bonds. The highest BCUT2D eigenvalue weighted by atomic mass is 19.1. The molecule has 2 aromatic carbocycles. The molecule has 0 radical (unpaired) electrons.